The van der Waals surface area contributed by atoms with Gasteiger partial charge in [0.25, 0.3) is 5.91 Å². The minimum Gasteiger partial charge on any atom is -0.350 e. The predicted molar refractivity (Wildman–Crippen MR) is 118 cm³/mol. The van der Waals surface area contributed by atoms with Crippen molar-refractivity contribution < 1.29 is 4.79 Å². The highest BCUT2D eigenvalue weighted by Gasteiger charge is 2.14. The molecular weight excluding hydrogens is 374 g/mol. The molecule has 0 aliphatic carbocycles. The summed E-state index contributed by atoms with van der Waals surface area (Å²) >= 11 is 0. The monoisotopic (exact) mass is 401 g/mol. The van der Waals surface area contributed by atoms with Gasteiger partial charge in [0.05, 0.1) is 24.2 Å². The van der Waals surface area contributed by atoms with Gasteiger partial charge in [0.1, 0.15) is 5.69 Å². The molecule has 3 N–H and O–H groups in total. The molecule has 0 aliphatic rings. The van der Waals surface area contributed by atoms with E-state index in [0.717, 1.165) is 23.1 Å². The Balaban J connectivity index is 1.92. The van der Waals surface area contributed by atoms with Crippen molar-refractivity contribution in [3.8, 4) is 17.2 Å². The number of hydrogen-bond acceptors (Lipinski definition) is 4. The minimum absolute atomic E-state index is 0.148. The first-order valence-electron chi connectivity index (χ1n) is 10.1. The highest BCUT2D eigenvalue weighted by molar-refractivity contribution is 5.92. The molecule has 1 amide bonds. The van der Waals surface area contributed by atoms with Crippen molar-refractivity contribution in [1.29, 1.82) is 5.26 Å². The Kier molecular flexibility index (Phi) is 6.99. The van der Waals surface area contributed by atoms with Crippen molar-refractivity contribution in [3.05, 3.63) is 77.4 Å². The van der Waals surface area contributed by atoms with E-state index in [1.165, 1.54) is 5.56 Å². The maximum absolute atomic E-state index is 12.6. The van der Waals surface area contributed by atoms with E-state index >= 15 is 0 Å². The number of amides is 1. The lowest BCUT2D eigenvalue weighted by Gasteiger charge is -2.14. The van der Waals surface area contributed by atoms with Crippen LogP contribution in [0.1, 0.15) is 41.0 Å². The van der Waals surface area contributed by atoms with Crippen LogP contribution in [0.2, 0.25) is 0 Å². The molecule has 0 bridgehead atoms. The molecule has 0 spiro atoms. The number of benzene rings is 2. The van der Waals surface area contributed by atoms with Gasteiger partial charge in [0.15, 0.2) is 0 Å². The highest BCUT2D eigenvalue weighted by atomic mass is 16.1. The van der Waals surface area contributed by atoms with Crippen LogP contribution in [-0.4, -0.2) is 28.5 Å². The molecule has 6 heteroatoms. The maximum atomic E-state index is 12.6. The first-order valence-corrected chi connectivity index (χ1v) is 10.1. The topological polar surface area (TPSA) is 96.7 Å². The smallest absolute Gasteiger partial charge is 0.269 e. The minimum atomic E-state index is -0.148. The summed E-state index contributed by atoms with van der Waals surface area (Å²) in [7, 11) is 0. The third kappa shape index (κ3) is 5.13. The van der Waals surface area contributed by atoms with Gasteiger partial charge in [-0.15, -0.1) is 0 Å². The molecule has 1 heterocycles. The van der Waals surface area contributed by atoms with E-state index in [1.807, 2.05) is 22.8 Å². The van der Waals surface area contributed by atoms with Gasteiger partial charge in [-0.2, -0.15) is 5.26 Å². The van der Waals surface area contributed by atoms with Crippen LogP contribution in [0.3, 0.4) is 0 Å². The number of nitrogens with one attached hydrogen (secondary N) is 1. The number of nitriles is 1. The van der Waals surface area contributed by atoms with E-state index < -0.39 is 0 Å². The van der Waals surface area contributed by atoms with Gasteiger partial charge in [-0.05, 0) is 53.3 Å². The largest absolute Gasteiger partial charge is 0.350 e. The zero-order valence-electron chi connectivity index (χ0n) is 17.4. The number of imidazole rings is 1. The summed E-state index contributed by atoms with van der Waals surface area (Å²) < 4.78 is 1.82. The molecular formula is C24H27N5O. The summed E-state index contributed by atoms with van der Waals surface area (Å²) in [6.45, 7) is 5.77. The van der Waals surface area contributed by atoms with Gasteiger partial charge in [-0.1, -0.05) is 44.2 Å². The molecule has 0 unspecified atom stereocenters. The molecule has 6 nitrogen and oxygen atoms in total. The molecule has 30 heavy (non-hydrogen) atoms. The number of nitrogens with zero attached hydrogens (tertiary/aromatic N) is 3. The van der Waals surface area contributed by atoms with Gasteiger partial charge in [0.2, 0.25) is 0 Å². The molecule has 0 saturated carbocycles. The molecule has 1 aromatic heterocycles. The lowest BCUT2D eigenvalue weighted by atomic mass is 9.96. The van der Waals surface area contributed by atoms with E-state index in [0.29, 0.717) is 36.8 Å². The molecule has 2 aromatic carbocycles. The fourth-order valence-corrected chi connectivity index (χ4v) is 3.30. The average Bonchev–Trinajstić information content (AvgIpc) is 3.21. The fraction of sp³-hybridized carbons (Fsp3) is 0.292. The van der Waals surface area contributed by atoms with Gasteiger partial charge in [0, 0.05) is 13.1 Å². The third-order valence-electron chi connectivity index (χ3n) is 4.89. The van der Waals surface area contributed by atoms with Crippen molar-refractivity contribution in [2.24, 2.45) is 11.7 Å². The van der Waals surface area contributed by atoms with E-state index in [1.54, 1.807) is 12.5 Å². The average molecular weight is 402 g/mol. The number of nitrogens with two attached hydrogens (primary N) is 1. The lowest BCUT2D eigenvalue weighted by Crippen LogP contribution is -2.29. The number of rotatable bonds is 8. The van der Waals surface area contributed by atoms with Crippen LogP contribution in [0.4, 0.5) is 0 Å². The second kappa shape index (κ2) is 9.86. The number of hydrogen-bond donors (Lipinski definition) is 2. The highest BCUT2D eigenvalue weighted by Crippen LogP contribution is 2.26. The van der Waals surface area contributed by atoms with E-state index in [4.69, 9.17) is 5.73 Å². The summed E-state index contributed by atoms with van der Waals surface area (Å²) in [5.74, 6) is 0.219. The Morgan fingerprint density at radius 2 is 2.00 bits per heavy atom. The molecule has 0 atom stereocenters. The third-order valence-corrected chi connectivity index (χ3v) is 4.89. The molecule has 3 rings (SSSR count). The Morgan fingerprint density at radius 1 is 1.23 bits per heavy atom. The molecule has 0 aliphatic heterocycles. The first-order chi connectivity index (χ1) is 14.5. The van der Waals surface area contributed by atoms with Crippen LogP contribution in [-0.2, 0) is 13.0 Å². The van der Waals surface area contributed by atoms with Crippen LogP contribution in [0.5, 0.6) is 0 Å². The van der Waals surface area contributed by atoms with Crippen molar-refractivity contribution >= 4 is 5.91 Å². The molecule has 154 valence electrons. The summed E-state index contributed by atoms with van der Waals surface area (Å²) in [5, 5.41) is 12.3. The first kappa shape index (κ1) is 21.3. The summed E-state index contributed by atoms with van der Waals surface area (Å²) in [6, 6.07) is 16.1. The van der Waals surface area contributed by atoms with Crippen LogP contribution >= 0.6 is 0 Å². The zero-order chi connectivity index (χ0) is 21.5. The Labute approximate surface area is 177 Å². The molecule has 0 saturated heterocycles. The molecule has 0 radical (unpaired) electrons. The van der Waals surface area contributed by atoms with Crippen molar-refractivity contribution in [3.63, 3.8) is 0 Å². The summed E-state index contributed by atoms with van der Waals surface area (Å²) in [4.78, 5) is 16.7. The summed E-state index contributed by atoms with van der Waals surface area (Å²) in [6.07, 6.45) is 4.06. The van der Waals surface area contributed by atoms with E-state index in [9.17, 15) is 10.1 Å². The van der Waals surface area contributed by atoms with Crippen molar-refractivity contribution in [1.82, 2.24) is 14.9 Å². The Hall–Kier alpha value is -3.43. The normalized spacial score (nSPS) is 10.8. The van der Waals surface area contributed by atoms with Gasteiger partial charge in [-0.3, -0.25) is 4.79 Å². The van der Waals surface area contributed by atoms with Crippen molar-refractivity contribution in [2.45, 2.75) is 26.8 Å². The summed E-state index contributed by atoms with van der Waals surface area (Å²) in [5.41, 5.74) is 11.0. The molecule has 3 aromatic rings. The number of aromatic nitrogens is 2. The van der Waals surface area contributed by atoms with Crippen LogP contribution < -0.4 is 11.1 Å². The quantitative estimate of drug-likeness (QED) is 0.605. The Morgan fingerprint density at radius 3 is 2.67 bits per heavy atom. The van der Waals surface area contributed by atoms with Crippen LogP contribution in [0, 0.1) is 17.2 Å². The van der Waals surface area contributed by atoms with Gasteiger partial charge >= 0.3 is 0 Å². The molecule has 0 fully saturated rings. The second-order valence-corrected chi connectivity index (χ2v) is 7.73. The Bertz CT molecular complexity index is 1040. The maximum Gasteiger partial charge on any atom is 0.269 e. The van der Waals surface area contributed by atoms with Crippen molar-refractivity contribution in [2.75, 3.05) is 13.1 Å². The van der Waals surface area contributed by atoms with Crippen LogP contribution in [0.25, 0.3) is 11.1 Å². The fourth-order valence-electron chi connectivity index (χ4n) is 3.30. The van der Waals surface area contributed by atoms with Crippen LogP contribution in [0.15, 0.2) is 55.0 Å². The predicted octanol–water partition coefficient (Wildman–Crippen LogP) is 3.36. The number of carbonyl (C=O) groups excluding carboxylic acids is 1. The lowest BCUT2D eigenvalue weighted by molar-refractivity contribution is 0.0940. The zero-order valence-corrected chi connectivity index (χ0v) is 17.4. The van der Waals surface area contributed by atoms with Gasteiger partial charge < -0.3 is 15.6 Å². The number of carbonyl (C=O) groups is 1. The second-order valence-electron chi connectivity index (χ2n) is 7.73. The standard InChI is InChI=1S/C24H27N5O/c1-17(2)13-28-24(30)23-14-27-16-29(23)15-21-11-19(12-26)5-8-22(21)20-6-3-18(4-7-20)9-10-25/h3-8,11,14,16-17H,9-10,13,15,25H2,1-2H3,(H,28,30). The van der Waals surface area contributed by atoms with E-state index in [2.05, 4.69) is 54.5 Å². The van der Waals surface area contributed by atoms with E-state index in [-0.39, 0.29) is 5.91 Å². The SMILES string of the molecule is CC(C)CNC(=O)c1cncn1Cc1cc(C#N)ccc1-c1ccc(CCN)cc1. The van der Waals surface area contributed by atoms with Gasteiger partial charge in [-0.25, -0.2) is 4.98 Å².